The molecule has 2 aliphatic rings. The third-order valence-corrected chi connectivity index (χ3v) is 4.60. The lowest BCUT2D eigenvalue weighted by Gasteiger charge is -2.30. The molecule has 1 aromatic rings. The second-order valence-corrected chi connectivity index (χ2v) is 6.12. The molecular weight excluding hydrogens is 222 g/mol. The largest absolute Gasteiger partial charge is 0.380 e. The fourth-order valence-corrected chi connectivity index (χ4v) is 3.49. The van der Waals surface area contributed by atoms with Crippen LogP contribution in [0.3, 0.4) is 0 Å². The Hall–Kier alpha value is -0.990. The Bertz CT molecular complexity index is 406. The molecule has 3 rings (SSSR count). The van der Waals surface area contributed by atoms with Crippen molar-refractivity contribution in [1.29, 1.82) is 0 Å². The molecule has 0 saturated heterocycles. The molecule has 0 aliphatic heterocycles. The molecule has 2 saturated carbocycles. The second-order valence-electron chi connectivity index (χ2n) is 6.12. The highest BCUT2D eigenvalue weighted by molar-refractivity contribution is 5.47. The van der Waals surface area contributed by atoms with Gasteiger partial charge in [0.1, 0.15) is 0 Å². The lowest BCUT2D eigenvalue weighted by Crippen LogP contribution is -2.28. The molecule has 1 aromatic heterocycles. The van der Waals surface area contributed by atoms with Crippen molar-refractivity contribution in [3.05, 3.63) is 11.9 Å². The number of hydrogen-bond acceptors (Lipinski definition) is 2. The molecule has 1 heterocycles. The van der Waals surface area contributed by atoms with Crippen molar-refractivity contribution < 1.29 is 0 Å². The molecule has 18 heavy (non-hydrogen) atoms. The maximum Gasteiger partial charge on any atom is 0.0853 e. The number of hydrogen-bond donors (Lipinski definition) is 1. The van der Waals surface area contributed by atoms with Crippen molar-refractivity contribution in [3.8, 4) is 0 Å². The first-order chi connectivity index (χ1) is 8.76. The third kappa shape index (κ3) is 2.55. The van der Waals surface area contributed by atoms with Gasteiger partial charge < -0.3 is 5.32 Å². The van der Waals surface area contributed by atoms with Crippen LogP contribution >= 0.6 is 0 Å². The van der Waals surface area contributed by atoms with Gasteiger partial charge in [-0.2, -0.15) is 5.10 Å². The zero-order valence-electron chi connectivity index (χ0n) is 11.7. The highest BCUT2D eigenvalue weighted by atomic mass is 15.3. The van der Waals surface area contributed by atoms with Gasteiger partial charge in [-0.3, -0.25) is 4.68 Å². The Kier molecular flexibility index (Phi) is 3.31. The topological polar surface area (TPSA) is 29.9 Å². The minimum Gasteiger partial charge on any atom is -0.380 e. The SMILES string of the molecule is CCc1nn(C)cc1NC1CCCC(C2CC2)C1. The van der Waals surface area contributed by atoms with Crippen molar-refractivity contribution >= 4 is 5.69 Å². The predicted molar refractivity (Wildman–Crippen MR) is 74.7 cm³/mol. The second kappa shape index (κ2) is 4.94. The first-order valence-corrected chi connectivity index (χ1v) is 7.55. The fraction of sp³-hybridized carbons (Fsp3) is 0.800. The number of rotatable bonds is 4. The van der Waals surface area contributed by atoms with E-state index in [1.807, 2.05) is 11.7 Å². The highest BCUT2D eigenvalue weighted by Crippen LogP contribution is 2.44. The van der Waals surface area contributed by atoms with Crippen molar-refractivity contribution in [1.82, 2.24) is 9.78 Å². The Morgan fingerprint density at radius 3 is 2.83 bits per heavy atom. The highest BCUT2D eigenvalue weighted by Gasteiger charge is 2.34. The van der Waals surface area contributed by atoms with Crippen LogP contribution in [0.4, 0.5) is 5.69 Å². The number of anilines is 1. The van der Waals surface area contributed by atoms with Crippen LogP contribution in [0.15, 0.2) is 6.20 Å². The van der Waals surface area contributed by atoms with Gasteiger partial charge in [0.15, 0.2) is 0 Å². The summed E-state index contributed by atoms with van der Waals surface area (Å²) >= 11 is 0. The van der Waals surface area contributed by atoms with Gasteiger partial charge >= 0.3 is 0 Å². The standard InChI is InChI=1S/C15H25N3/c1-3-14-15(10-18(2)17-14)16-13-6-4-5-12(9-13)11-7-8-11/h10-13,16H,3-9H2,1-2H3. The van der Waals surface area contributed by atoms with Gasteiger partial charge in [-0.05, 0) is 43.9 Å². The summed E-state index contributed by atoms with van der Waals surface area (Å²) in [7, 11) is 2.01. The predicted octanol–water partition coefficient (Wildman–Crippen LogP) is 3.36. The van der Waals surface area contributed by atoms with Gasteiger partial charge in [0.05, 0.1) is 11.4 Å². The lowest BCUT2D eigenvalue weighted by atomic mass is 9.82. The van der Waals surface area contributed by atoms with E-state index in [1.165, 1.54) is 49.9 Å². The monoisotopic (exact) mass is 247 g/mol. The number of nitrogens with zero attached hydrogens (tertiary/aromatic N) is 2. The summed E-state index contributed by atoms with van der Waals surface area (Å²) in [5.74, 6) is 2.06. The molecule has 0 aromatic carbocycles. The molecule has 1 N–H and O–H groups in total. The quantitative estimate of drug-likeness (QED) is 0.884. The molecule has 2 unspecified atom stereocenters. The van der Waals surface area contributed by atoms with Gasteiger partial charge in [-0.25, -0.2) is 0 Å². The minimum atomic E-state index is 0.679. The zero-order chi connectivity index (χ0) is 12.5. The first kappa shape index (κ1) is 12.1. The maximum absolute atomic E-state index is 4.52. The van der Waals surface area contributed by atoms with E-state index in [0.29, 0.717) is 6.04 Å². The summed E-state index contributed by atoms with van der Waals surface area (Å²) in [6.45, 7) is 2.18. The Labute approximate surface area is 110 Å². The van der Waals surface area contributed by atoms with E-state index >= 15 is 0 Å². The molecule has 2 fully saturated rings. The van der Waals surface area contributed by atoms with Gasteiger partial charge in [0.2, 0.25) is 0 Å². The van der Waals surface area contributed by atoms with E-state index in [2.05, 4.69) is 23.5 Å². The van der Waals surface area contributed by atoms with E-state index in [0.717, 1.165) is 18.3 Å². The van der Waals surface area contributed by atoms with E-state index in [1.54, 1.807) is 0 Å². The average molecular weight is 247 g/mol. The Morgan fingerprint density at radius 1 is 1.28 bits per heavy atom. The van der Waals surface area contributed by atoms with Gasteiger partial charge in [0, 0.05) is 19.3 Å². The summed E-state index contributed by atoms with van der Waals surface area (Å²) in [6, 6.07) is 0.679. The van der Waals surface area contributed by atoms with E-state index in [9.17, 15) is 0 Å². The van der Waals surface area contributed by atoms with Crippen LogP contribution in [0.5, 0.6) is 0 Å². The van der Waals surface area contributed by atoms with Crippen LogP contribution in [0.25, 0.3) is 0 Å². The summed E-state index contributed by atoms with van der Waals surface area (Å²) in [6.07, 6.45) is 11.7. The molecule has 0 radical (unpaired) electrons. The van der Waals surface area contributed by atoms with Crippen molar-refractivity contribution in [2.75, 3.05) is 5.32 Å². The van der Waals surface area contributed by atoms with E-state index in [-0.39, 0.29) is 0 Å². The Morgan fingerprint density at radius 2 is 2.11 bits per heavy atom. The summed E-state index contributed by atoms with van der Waals surface area (Å²) in [4.78, 5) is 0. The molecule has 100 valence electrons. The lowest BCUT2D eigenvalue weighted by molar-refractivity contribution is 0.303. The van der Waals surface area contributed by atoms with Gasteiger partial charge in [0.25, 0.3) is 0 Å². The molecule has 3 heteroatoms. The van der Waals surface area contributed by atoms with Crippen LogP contribution in [0.1, 0.15) is 51.1 Å². The molecule has 2 atom stereocenters. The molecule has 0 bridgehead atoms. The summed E-state index contributed by atoms with van der Waals surface area (Å²) < 4.78 is 1.93. The Balaban J connectivity index is 1.63. The van der Waals surface area contributed by atoms with Crippen LogP contribution in [0.2, 0.25) is 0 Å². The van der Waals surface area contributed by atoms with E-state index < -0.39 is 0 Å². The van der Waals surface area contributed by atoms with Crippen LogP contribution < -0.4 is 5.32 Å². The molecule has 2 aliphatic carbocycles. The van der Waals surface area contributed by atoms with Crippen molar-refractivity contribution in [2.24, 2.45) is 18.9 Å². The molecule has 3 nitrogen and oxygen atoms in total. The molecule has 0 amide bonds. The van der Waals surface area contributed by atoms with Crippen molar-refractivity contribution in [2.45, 2.75) is 57.9 Å². The van der Waals surface area contributed by atoms with Crippen LogP contribution in [-0.4, -0.2) is 15.8 Å². The molecular formula is C15H25N3. The smallest absolute Gasteiger partial charge is 0.0853 e. The molecule has 0 spiro atoms. The van der Waals surface area contributed by atoms with Gasteiger partial charge in [-0.15, -0.1) is 0 Å². The maximum atomic E-state index is 4.52. The normalized spacial score (nSPS) is 28.3. The zero-order valence-corrected chi connectivity index (χ0v) is 11.7. The van der Waals surface area contributed by atoms with E-state index in [4.69, 9.17) is 0 Å². The first-order valence-electron chi connectivity index (χ1n) is 7.55. The minimum absolute atomic E-state index is 0.679. The van der Waals surface area contributed by atoms with Crippen LogP contribution in [-0.2, 0) is 13.5 Å². The third-order valence-electron chi connectivity index (χ3n) is 4.60. The fourth-order valence-electron chi connectivity index (χ4n) is 3.49. The number of aryl methyl sites for hydroxylation is 2. The van der Waals surface area contributed by atoms with Gasteiger partial charge in [-0.1, -0.05) is 19.8 Å². The van der Waals surface area contributed by atoms with Crippen LogP contribution in [0, 0.1) is 11.8 Å². The van der Waals surface area contributed by atoms with Crippen molar-refractivity contribution in [3.63, 3.8) is 0 Å². The average Bonchev–Trinajstić information content (AvgIpc) is 3.15. The summed E-state index contributed by atoms with van der Waals surface area (Å²) in [5, 5.41) is 8.27. The number of nitrogens with one attached hydrogen (secondary N) is 1. The summed E-state index contributed by atoms with van der Waals surface area (Å²) in [5.41, 5.74) is 2.48. The number of aromatic nitrogens is 2.